The summed E-state index contributed by atoms with van der Waals surface area (Å²) in [7, 11) is 3.20. The summed E-state index contributed by atoms with van der Waals surface area (Å²) in [4.78, 5) is 4.29. The van der Waals surface area contributed by atoms with Crippen molar-refractivity contribution in [3.05, 3.63) is 48.3 Å². The fourth-order valence-corrected chi connectivity index (χ4v) is 2.83. The zero-order valence-electron chi connectivity index (χ0n) is 13.4. The molecule has 2 heterocycles. The van der Waals surface area contributed by atoms with E-state index in [2.05, 4.69) is 15.2 Å². The molecule has 0 atom stereocenters. The molecule has 0 aliphatic heterocycles. The lowest BCUT2D eigenvalue weighted by Crippen LogP contribution is -1.91. The molecule has 3 aromatic rings. The summed E-state index contributed by atoms with van der Waals surface area (Å²) in [5.41, 5.74) is 1.80. The van der Waals surface area contributed by atoms with Gasteiger partial charge in [0, 0.05) is 29.3 Å². The Morgan fingerprint density at radius 1 is 1.04 bits per heavy atom. The number of pyridine rings is 1. The van der Waals surface area contributed by atoms with E-state index in [4.69, 9.17) is 13.9 Å². The van der Waals surface area contributed by atoms with Crippen LogP contribution in [-0.2, 0) is 6.42 Å². The largest absolute Gasteiger partial charge is 0.497 e. The van der Waals surface area contributed by atoms with Gasteiger partial charge in [0.15, 0.2) is 0 Å². The number of rotatable bonds is 7. The van der Waals surface area contributed by atoms with Crippen LogP contribution in [0.5, 0.6) is 11.5 Å². The first-order valence-electron chi connectivity index (χ1n) is 7.38. The van der Waals surface area contributed by atoms with E-state index in [0.29, 0.717) is 22.6 Å². The molecule has 7 heteroatoms. The molecular formula is C17H17N3O3S. The molecular weight excluding hydrogens is 326 g/mol. The van der Waals surface area contributed by atoms with E-state index in [1.54, 1.807) is 26.5 Å². The molecule has 0 unspecified atom stereocenters. The predicted octanol–water partition coefficient (Wildman–Crippen LogP) is 3.48. The van der Waals surface area contributed by atoms with Crippen molar-refractivity contribution < 1.29 is 13.9 Å². The second kappa shape index (κ2) is 7.83. The molecule has 3 rings (SSSR count). The zero-order chi connectivity index (χ0) is 16.8. The zero-order valence-corrected chi connectivity index (χ0v) is 14.2. The summed E-state index contributed by atoms with van der Waals surface area (Å²) in [6, 6.07) is 11.3. The number of hydrogen-bond acceptors (Lipinski definition) is 7. The smallest absolute Gasteiger partial charge is 0.276 e. The standard InChI is InChI=1S/C17H17N3O3S/c1-21-14-9-12(10-15(11-14)22-2)16-19-20-17(23-16)24-8-6-13-5-3-4-7-18-13/h3-5,7,9-11H,6,8H2,1-2H3. The van der Waals surface area contributed by atoms with Crippen LogP contribution < -0.4 is 9.47 Å². The molecule has 0 aliphatic rings. The Kier molecular flexibility index (Phi) is 5.32. The van der Waals surface area contributed by atoms with Gasteiger partial charge in [-0.3, -0.25) is 4.98 Å². The Morgan fingerprint density at radius 3 is 2.50 bits per heavy atom. The number of aryl methyl sites for hydroxylation is 1. The van der Waals surface area contributed by atoms with Gasteiger partial charge in [-0.1, -0.05) is 17.8 Å². The molecule has 0 radical (unpaired) electrons. The average molecular weight is 343 g/mol. The highest BCUT2D eigenvalue weighted by molar-refractivity contribution is 7.99. The number of nitrogens with zero attached hydrogens (tertiary/aromatic N) is 3. The van der Waals surface area contributed by atoms with Crippen molar-refractivity contribution in [2.45, 2.75) is 11.6 Å². The van der Waals surface area contributed by atoms with Gasteiger partial charge in [0.05, 0.1) is 14.2 Å². The van der Waals surface area contributed by atoms with Gasteiger partial charge in [-0.05, 0) is 30.7 Å². The Bertz CT molecular complexity index is 771. The van der Waals surface area contributed by atoms with Gasteiger partial charge < -0.3 is 13.9 Å². The van der Waals surface area contributed by atoms with E-state index in [1.165, 1.54) is 11.8 Å². The van der Waals surface area contributed by atoms with Gasteiger partial charge in [0.2, 0.25) is 5.89 Å². The van der Waals surface area contributed by atoms with E-state index < -0.39 is 0 Å². The number of ether oxygens (including phenoxy) is 2. The third kappa shape index (κ3) is 4.05. The molecule has 0 saturated heterocycles. The number of thioether (sulfide) groups is 1. The summed E-state index contributed by atoms with van der Waals surface area (Å²) in [6.45, 7) is 0. The van der Waals surface area contributed by atoms with Crippen molar-refractivity contribution in [3.8, 4) is 23.0 Å². The van der Waals surface area contributed by atoms with E-state index in [9.17, 15) is 0 Å². The monoisotopic (exact) mass is 343 g/mol. The van der Waals surface area contributed by atoms with Crippen molar-refractivity contribution in [2.75, 3.05) is 20.0 Å². The van der Waals surface area contributed by atoms with E-state index >= 15 is 0 Å². The maximum absolute atomic E-state index is 5.72. The van der Waals surface area contributed by atoms with Gasteiger partial charge in [-0.15, -0.1) is 10.2 Å². The molecule has 2 aromatic heterocycles. The highest BCUT2D eigenvalue weighted by Crippen LogP contribution is 2.30. The third-order valence-electron chi connectivity index (χ3n) is 3.31. The minimum Gasteiger partial charge on any atom is -0.497 e. The Morgan fingerprint density at radius 2 is 1.83 bits per heavy atom. The van der Waals surface area contributed by atoms with Crippen LogP contribution in [0, 0.1) is 0 Å². The van der Waals surface area contributed by atoms with Crippen LogP contribution >= 0.6 is 11.8 Å². The highest BCUT2D eigenvalue weighted by Gasteiger charge is 2.12. The van der Waals surface area contributed by atoms with Gasteiger partial charge in [-0.25, -0.2) is 0 Å². The fourth-order valence-electron chi connectivity index (χ4n) is 2.10. The third-order valence-corrected chi connectivity index (χ3v) is 4.13. The van der Waals surface area contributed by atoms with Gasteiger partial charge >= 0.3 is 0 Å². The number of hydrogen-bond donors (Lipinski definition) is 0. The number of aromatic nitrogens is 3. The van der Waals surface area contributed by atoms with E-state index in [0.717, 1.165) is 23.4 Å². The minimum atomic E-state index is 0.438. The molecule has 0 fully saturated rings. The van der Waals surface area contributed by atoms with Crippen molar-refractivity contribution in [2.24, 2.45) is 0 Å². The molecule has 1 aromatic carbocycles. The van der Waals surface area contributed by atoms with Crippen molar-refractivity contribution in [3.63, 3.8) is 0 Å². The first kappa shape index (κ1) is 16.3. The van der Waals surface area contributed by atoms with Crippen LogP contribution in [-0.4, -0.2) is 35.2 Å². The average Bonchev–Trinajstić information content (AvgIpc) is 3.11. The first-order chi connectivity index (χ1) is 11.8. The Labute approximate surface area is 144 Å². The predicted molar refractivity (Wildman–Crippen MR) is 91.5 cm³/mol. The normalized spacial score (nSPS) is 10.6. The summed E-state index contributed by atoms with van der Waals surface area (Å²) in [6.07, 6.45) is 2.64. The lowest BCUT2D eigenvalue weighted by molar-refractivity contribution is 0.394. The maximum atomic E-state index is 5.72. The highest BCUT2D eigenvalue weighted by atomic mass is 32.2. The second-order valence-corrected chi connectivity index (χ2v) is 5.94. The van der Waals surface area contributed by atoms with Crippen molar-refractivity contribution in [1.29, 1.82) is 0 Å². The summed E-state index contributed by atoms with van der Waals surface area (Å²) in [5, 5.41) is 8.71. The SMILES string of the molecule is COc1cc(OC)cc(-c2nnc(SCCc3ccccn3)o2)c1. The lowest BCUT2D eigenvalue weighted by Gasteiger charge is -2.05. The van der Waals surface area contributed by atoms with Crippen LogP contribution in [0.2, 0.25) is 0 Å². The van der Waals surface area contributed by atoms with Gasteiger partial charge in [0.25, 0.3) is 5.22 Å². The first-order valence-corrected chi connectivity index (χ1v) is 8.36. The van der Waals surface area contributed by atoms with Crippen LogP contribution in [0.3, 0.4) is 0 Å². The number of methoxy groups -OCH3 is 2. The molecule has 0 aliphatic carbocycles. The van der Waals surface area contributed by atoms with Crippen LogP contribution in [0.25, 0.3) is 11.5 Å². The fraction of sp³-hybridized carbons (Fsp3) is 0.235. The Balaban J connectivity index is 1.67. The lowest BCUT2D eigenvalue weighted by atomic mass is 10.2. The molecule has 124 valence electrons. The molecule has 24 heavy (non-hydrogen) atoms. The van der Waals surface area contributed by atoms with Crippen molar-refractivity contribution in [1.82, 2.24) is 15.2 Å². The van der Waals surface area contributed by atoms with Crippen LogP contribution in [0.1, 0.15) is 5.69 Å². The number of benzene rings is 1. The topological polar surface area (TPSA) is 70.3 Å². The molecule has 0 bridgehead atoms. The molecule has 0 saturated carbocycles. The Hall–Kier alpha value is -2.54. The van der Waals surface area contributed by atoms with E-state index in [-0.39, 0.29) is 0 Å². The minimum absolute atomic E-state index is 0.438. The molecule has 6 nitrogen and oxygen atoms in total. The summed E-state index contributed by atoms with van der Waals surface area (Å²) < 4.78 is 16.2. The van der Waals surface area contributed by atoms with Crippen LogP contribution in [0.15, 0.2) is 52.2 Å². The molecule has 0 amide bonds. The maximum Gasteiger partial charge on any atom is 0.276 e. The quantitative estimate of drug-likeness (QED) is 0.608. The van der Waals surface area contributed by atoms with E-state index in [1.807, 2.05) is 30.3 Å². The van der Waals surface area contributed by atoms with Gasteiger partial charge in [0.1, 0.15) is 11.5 Å². The van der Waals surface area contributed by atoms with Gasteiger partial charge in [-0.2, -0.15) is 0 Å². The van der Waals surface area contributed by atoms with Crippen molar-refractivity contribution >= 4 is 11.8 Å². The summed E-state index contributed by atoms with van der Waals surface area (Å²) in [5.74, 6) is 2.60. The second-order valence-electron chi connectivity index (χ2n) is 4.89. The summed E-state index contributed by atoms with van der Waals surface area (Å²) >= 11 is 1.51. The molecule has 0 spiro atoms. The van der Waals surface area contributed by atoms with Crippen LogP contribution in [0.4, 0.5) is 0 Å². The molecule has 0 N–H and O–H groups in total.